The van der Waals surface area contributed by atoms with Crippen molar-refractivity contribution in [3.8, 4) is 5.75 Å². The van der Waals surface area contributed by atoms with Crippen LogP contribution in [0.15, 0.2) is 71.6 Å². The van der Waals surface area contributed by atoms with Gasteiger partial charge in [-0.1, -0.05) is 29.8 Å². The van der Waals surface area contributed by atoms with Gasteiger partial charge in [-0.3, -0.25) is 9.52 Å². The van der Waals surface area contributed by atoms with Gasteiger partial charge in [0, 0.05) is 5.69 Å². The van der Waals surface area contributed by atoms with Crippen molar-refractivity contribution in [2.24, 2.45) is 0 Å². The highest BCUT2D eigenvalue weighted by molar-refractivity contribution is 7.92. The van der Waals surface area contributed by atoms with E-state index >= 15 is 0 Å². The Labute approximate surface area is 185 Å². The lowest BCUT2D eigenvalue weighted by Crippen LogP contribution is -2.16. The zero-order chi connectivity index (χ0) is 22.4. The van der Waals surface area contributed by atoms with Crippen molar-refractivity contribution in [2.75, 3.05) is 16.6 Å². The van der Waals surface area contributed by atoms with E-state index in [0.29, 0.717) is 34.3 Å². The molecule has 0 aromatic heterocycles. The molecule has 2 N–H and O–H groups in total. The maximum Gasteiger partial charge on any atom is 0.261 e. The van der Waals surface area contributed by atoms with Crippen LogP contribution in [0.4, 0.5) is 15.8 Å². The SMILES string of the molecule is CCOc1c(Cl)cccc1NC(=O)Cc1ccc(NS(=O)(=O)c2ccc(F)cc2)cc1. The van der Waals surface area contributed by atoms with Crippen molar-refractivity contribution in [3.05, 3.63) is 83.1 Å². The van der Waals surface area contributed by atoms with Crippen LogP contribution < -0.4 is 14.8 Å². The fourth-order valence-electron chi connectivity index (χ4n) is 2.80. The Morgan fingerprint density at radius 3 is 2.35 bits per heavy atom. The van der Waals surface area contributed by atoms with Crippen molar-refractivity contribution in [1.82, 2.24) is 0 Å². The van der Waals surface area contributed by atoms with E-state index < -0.39 is 15.8 Å². The number of carbonyl (C=O) groups is 1. The predicted octanol–water partition coefficient (Wildman–Crippen LogP) is 4.86. The smallest absolute Gasteiger partial charge is 0.261 e. The maximum atomic E-state index is 13.0. The molecule has 1 amide bonds. The topological polar surface area (TPSA) is 84.5 Å². The molecule has 162 valence electrons. The molecule has 0 aliphatic heterocycles. The Morgan fingerprint density at radius 2 is 1.71 bits per heavy atom. The zero-order valence-corrected chi connectivity index (χ0v) is 18.1. The van der Waals surface area contributed by atoms with Crippen molar-refractivity contribution >= 4 is 38.9 Å². The minimum absolute atomic E-state index is 0.0519. The van der Waals surface area contributed by atoms with Crippen LogP contribution in [0.5, 0.6) is 5.75 Å². The third-order valence-corrected chi connectivity index (χ3v) is 5.92. The molecule has 3 aromatic rings. The second-order valence-electron chi connectivity index (χ2n) is 6.53. The summed E-state index contributed by atoms with van der Waals surface area (Å²) >= 11 is 6.12. The normalized spacial score (nSPS) is 11.1. The highest BCUT2D eigenvalue weighted by Gasteiger charge is 2.15. The Balaban J connectivity index is 1.65. The number of rotatable bonds is 8. The standard InChI is InChI=1S/C22H20ClFN2O4S/c1-2-30-22-19(23)4-3-5-20(22)25-21(27)14-15-6-10-17(11-7-15)26-31(28,29)18-12-8-16(24)9-13-18/h3-13,26H,2,14H2,1H3,(H,25,27). The molecule has 0 heterocycles. The third kappa shape index (κ3) is 5.96. The summed E-state index contributed by atoms with van der Waals surface area (Å²) in [5.74, 6) is -0.388. The summed E-state index contributed by atoms with van der Waals surface area (Å²) in [6.45, 7) is 2.22. The van der Waals surface area contributed by atoms with E-state index in [1.54, 1.807) is 42.5 Å². The summed E-state index contributed by atoms with van der Waals surface area (Å²) in [7, 11) is -3.84. The molecule has 0 spiro atoms. The molecule has 0 bridgehead atoms. The molecule has 0 aliphatic rings. The maximum absolute atomic E-state index is 13.0. The molecule has 0 atom stereocenters. The van der Waals surface area contributed by atoms with Gasteiger partial charge in [0.1, 0.15) is 5.82 Å². The Morgan fingerprint density at radius 1 is 1.03 bits per heavy atom. The van der Waals surface area contributed by atoms with E-state index in [4.69, 9.17) is 16.3 Å². The zero-order valence-electron chi connectivity index (χ0n) is 16.6. The summed E-state index contributed by atoms with van der Waals surface area (Å²) in [6, 6.07) is 16.0. The van der Waals surface area contributed by atoms with Gasteiger partial charge in [0.15, 0.2) is 5.75 Å². The van der Waals surface area contributed by atoms with Gasteiger partial charge in [0.05, 0.1) is 28.6 Å². The van der Waals surface area contributed by atoms with Crippen LogP contribution in [0.25, 0.3) is 0 Å². The van der Waals surface area contributed by atoms with Gasteiger partial charge >= 0.3 is 0 Å². The average Bonchev–Trinajstić information content (AvgIpc) is 2.72. The third-order valence-electron chi connectivity index (χ3n) is 4.22. The molecule has 0 saturated heterocycles. The number of benzene rings is 3. The predicted molar refractivity (Wildman–Crippen MR) is 119 cm³/mol. The number of anilines is 2. The summed E-state index contributed by atoms with van der Waals surface area (Å²) in [5, 5.41) is 3.17. The number of carbonyl (C=O) groups excluding carboxylic acids is 1. The van der Waals surface area contributed by atoms with E-state index in [1.807, 2.05) is 6.92 Å². The van der Waals surface area contributed by atoms with Crippen LogP contribution in [-0.2, 0) is 21.2 Å². The minimum Gasteiger partial charge on any atom is -0.490 e. The van der Waals surface area contributed by atoms with Crippen LogP contribution in [-0.4, -0.2) is 20.9 Å². The number of ether oxygens (including phenoxy) is 1. The van der Waals surface area contributed by atoms with Crippen LogP contribution >= 0.6 is 11.6 Å². The molecular formula is C22H20ClFN2O4S. The highest BCUT2D eigenvalue weighted by atomic mass is 35.5. The summed E-state index contributed by atoms with van der Waals surface area (Å²) < 4.78 is 45.7. The van der Waals surface area contributed by atoms with Gasteiger partial charge in [0.25, 0.3) is 10.0 Å². The molecule has 0 radical (unpaired) electrons. The average molecular weight is 463 g/mol. The number of para-hydroxylation sites is 1. The molecular weight excluding hydrogens is 443 g/mol. The van der Waals surface area contributed by atoms with Gasteiger partial charge in [-0.05, 0) is 61.0 Å². The first-order chi connectivity index (χ1) is 14.8. The van der Waals surface area contributed by atoms with Crippen LogP contribution in [0.2, 0.25) is 5.02 Å². The molecule has 0 fully saturated rings. The van der Waals surface area contributed by atoms with E-state index in [2.05, 4.69) is 10.0 Å². The van der Waals surface area contributed by atoms with E-state index in [9.17, 15) is 17.6 Å². The molecule has 9 heteroatoms. The number of halogens is 2. The Kier molecular flexibility index (Phi) is 7.14. The second-order valence-corrected chi connectivity index (χ2v) is 8.62. The lowest BCUT2D eigenvalue weighted by atomic mass is 10.1. The molecule has 3 rings (SSSR count). The molecule has 31 heavy (non-hydrogen) atoms. The number of hydrogen-bond donors (Lipinski definition) is 2. The first kappa shape index (κ1) is 22.6. The van der Waals surface area contributed by atoms with Crippen LogP contribution in [0, 0.1) is 5.82 Å². The molecule has 0 saturated carbocycles. The highest BCUT2D eigenvalue weighted by Crippen LogP contribution is 2.33. The van der Waals surface area contributed by atoms with Gasteiger partial charge < -0.3 is 10.1 Å². The number of amides is 1. The second kappa shape index (κ2) is 9.80. The number of sulfonamides is 1. The van der Waals surface area contributed by atoms with E-state index in [0.717, 1.165) is 12.1 Å². The molecule has 0 aliphatic carbocycles. The largest absolute Gasteiger partial charge is 0.490 e. The monoisotopic (exact) mass is 462 g/mol. The number of hydrogen-bond acceptors (Lipinski definition) is 4. The van der Waals surface area contributed by atoms with Crippen LogP contribution in [0.1, 0.15) is 12.5 Å². The quantitative estimate of drug-likeness (QED) is 0.500. The van der Waals surface area contributed by atoms with E-state index in [1.165, 1.54) is 12.1 Å². The fraction of sp³-hybridized carbons (Fsp3) is 0.136. The lowest BCUT2D eigenvalue weighted by molar-refractivity contribution is -0.115. The molecule has 3 aromatic carbocycles. The fourth-order valence-corrected chi connectivity index (χ4v) is 4.08. The van der Waals surface area contributed by atoms with Crippen molar-refractivity contribution in [2.45, 2.75) is 18.2 Å². The van der Waals surface area contributed by atoms with Crippen molar-refractivity contribution < 1.29 is 22.3 Å². The van der Waals surface area contributed by atoms with E-state index in [-0.39, 0.29) is 17.2 Å². The van der Waals surface area contributed by atoms with Gasteiger partial charge in [-0.15, -0.1) is 0 Å². The first-order valence-corrected chi connectivity index (χ1v) is 11.2. The van der Waals surface area contributed by atoms with Crippen LogP contribution in [0.3, 0.4) is 0 Å². The lowest BCUT2D eigenvalue weighted by Gasteiger charge is -2.13. The first-order valence-electron chi connectivity index (χ1n) is 9.37. The summed E-state index contributed by atoms with van der Waals surface area (Å²) in [4.78, 5) is 12.4. The molecule has 0 unspecified atom stereocenters. The number of nitrogens with one attached hydrogen (secondary N) is 2. The summed E-state index contributed by atoms with van der Waals surface area (Å²) in [6.07, 6.45) is 0.0725. The Bertz CT molecular complexity index is 1170. The minimum atomic E-state index is -3.84. The summed E-state index contributed by atoms with van der Waals surface area (Å²) in [5.41, 5.74) is 1.48. The Hall–Kier alpha value is -3.10. The van der Waals surface area contributed by atoms with Gasteiger partial charge in [-0.2, -0.15) is 0 Å². The van der Waals surface area contributed by atoms with Gasteiger partial charge in [-0.25, -0.2) is 12.8 Å². The van der Waals surface area contributed by atoms with Crippen molar-refractivity contribution in [3.63, 3.8) is 0 Å². The van der Waals surface area contributed by atoms with Crippen molar-refractivity contribution in [1.29, 1.82) is 0 Å². The van der Waals surface area contributed by atoms with Gasteiger partial charge in [0.2, 0.25) is 5.91 Å². The molecule has 6 nitrogen and oxygen atoms in total.